The highest BCUT2D eigenvalue weighted by Gasteiger charge is 2.37. The van der Waals surface area contributed by atoms with Gasteiger partial charge in [-0.1, -0.05) is 12.1 Å². The third kappa shape index (κ3) is 4.67. The summed E-state index contributed by atoms with van der Waals surface area (Å²) in [4.78, 5) is 24.6. The van der Waals surface area contributed by atoms with Crippen LogP contribution in [0.5, 0.6) is 5.88 Å². The Hall–Kier alpha value is -4.04. The maximum Gasteiger partial charge on any atom is 0.256 e. The monoisotopic (exact) mass is 542 g/mol. The van der Waals surface area contributed by atoms with Crippen molar-refractivity contribution in [2.75, 3.05) is 30.0 Å². The molecule has 200 valence electrons. The van der Waals surface area contributed by atoms with Crippen molar-refractivity contribution in [3.63, 3.8) is 0 Å². The predicted molar refractivity (Wildman–Crippen MR) is 140 cm³/mol. The number of methoxy groups -OCH3 is 1. The summed E-state index contributed by atoms with van der Waals surface area (Å²) in [6.07, 6.45) is 5.41. The number of carbonyl (C=O) groups is 1. The molecule has 1 saturated heterocycles. The first-order valence-corrected chi connectivity index (χ1v) is 13.6. The number of fused-ring (bicyclic) bond motifs is 1. The number of aromatic nitrogens is 5. The highest BCUT2D eigenvalue weighted by atomic mass is 32.2. The summed E-state index contributed by atoms with van der Waals surface area (Å²) < 4.78 is 47.8. The van der Waals surface area contributed by atoms with Crippen molar-refractivity contribution in [3.8, 4) is 17.1 Å². The van der Waals surface area contributed by atoms with Gasteiger partial charge in [0.25, 0.3) is 5.88 Å². The summed E-state index contributed by atoms with van der Waals surface area (Å²) in [7, 11) is -0.282. The molecule has 1 aliphatic rings. The first kappa shape index (κ1) is 25.6. The minimum absolute atomic E-state index is 0.0519. The number of para-hydroxylation sites is 1. The van der Waals surface area contributed by atoms with Gasteiger partial charge in [-0.3, -0.25) is 9.48 Å². The molecule has 5 rings (SSSR count). The van der Waals surface area contributed by atoms with E-state index in [1.807, 2.05) is 0 Å². The first-order valence-electron chi connectivity index (χ1n) is 12.0. The van der Waals surface area contributed by atoms with Crippen LogP contribution in [0.1, 0.15) is 19.8 Å². The summed E-state index contributed by atoms with van der Waals surface area (Å²) in [6.45, 7) is 1.88. The molecule has 3 N–H and O–H groups in total. The van der Waals surface area contributed by atoms with Gasteiger partial charge in [-0.05, 0) is 25.8 Å². The molecule has 0 spiro atoms. The van der Waals surface area contributed by atoms with Crippen molar-refractivity contribution in [3.05, 3.63) is 42.6 Å². The Labute approximate surface area is 218 Å². The number of hydrogen-bond donors (Lipinski definition) is 3. The molecule has 3 aromatic heterocycles. The van der Waals surface area contributed by atoms with Crippen LogP contribution in [-0.4, -0.2) is 68.8 Å². The minimum atomic E-state index is -3.50. The number of sulfonamides is 1. The molecule has 1 amide bonds. The van der Waals surface area contributed by atoms with Crippen LogP contribution in [-0.2, 0) is 21.9 Å². The molecular weight excluding hydrogens is 515 g/mol. The number of anilines is 3. The van der Waals surface area contributed by atoms with E-state index in [1.54, 1.807) is 49.2 Å². The van der Waals surface area contributed by atoms with E-state index in [0.717, 1.165) is 6.20 Å². The number of aryl methyl sites for hydroxylation is 1. The maximum atomic E-state index is 14.9. The standard InChI is InChI=1S/C24H27FN8O4S/c1-4-38(35,36)33-10-6-9-19(33)22(34)28-17-8-5-7-14-15(11-26-21(14)17)20-16(25)12-27-24(30-20)29-18-13-32(2)31-23(18)37-3/h5,7-8,11-13,19,26H,4,6,9-10H2,1-3H3,(H,28,34)(H,27,29,30)/t19-/m0/s1. The highest BCUT2D eigenvalue weighted by molar-refractivity contribution is 7.89. The Bertz CT molecular complexity index is 1620. The van der Waals surface area contributed by atoms with Crippen molar-refractivity contribution < 1.29 is 22.3 Å². The predicted octanol–water partition coefficient (Wildman–Crippen LogP) is 3.00. The smallest absolute Gasteiger partial charge is 0.256 e. The lowest BCUT2D eigenvalue weighted by Crippen LogP contribution is -2.43. The number of H-pyrrole nitrogens is 1. The number of aromatic amines is 1. The van der Waals surface area contributed by atoms with Crippen LogP contribution in [0.2, 0.25) is 0 Å². The van der Waals surface area contributed by atoms with Crippen LogP contribution in [0.3, 0.4) is 0 Å². The van der Waals surface area contributed by atoms with E-state index in [2.05, 4.69) is 30.7 Å². The van der Waals surface area contributed by atoms with Crippen LogP contribution in [0, 0.1) is 5.82 Å². The fourth-order valence-corrected chi connectivity index (χ4v) is 5.94. The summed E-state index contributed by atoms with van der Waals surface area (Å²) in [5, 5.41) is 10.6. The van der Waals surface area contributed by atoms with E-state index in [1.165, 1.54) is 11.4 Å². The number of benzene rings is 1. The number of carbonyl (C=O) groups excluding carboxylic acids is 1. The lowest BCUT2D eigenvalue weighted by molar-refractivity contribution is -0.119. The second kappa shape index (κ2) is 10.0. The zero-order valence-corrected chi connectivity index (χ0v) is 21.8. The van der Waals surface area contributed by atoms with Crippen LogP contribution in [0.25, 0.3) is 22.2 Å². The van der Waals surface area contributed by atoms with Gasteiger partial charge >= 0.3 is 0 Å². The molecular formula is C24H27FN8O4S. The molecule has 0 saturated carbocycles. The Balaban J connectivity index is 1.45. The fraction of sp³-hybridized carbons (Fsp3) is 0.333. The fourth-order valence-electron chi connectivity index (χ4n) is 4.61. The van der Waals surface area contributed by atoms with E-state index < -0.39 is 27.8 Å². The molecule has 4 aromatic rings. The van der Waals surface area contributed by atoms with Gasteiger partial charge < -0.3 is 20.4 Å². The average Bonchev–Trinajstić information content (AvgIpc) is 3.64. The van der Waals surface area contributed by atoms with Crippen molar-refractivity contribution in [2.24, 2.45) is 7.05 Å². The number of ether oxygens (including phenoxy) is 1. The molecule has 0 unspecified atom stereocenters. The molecule has 1 aliphatic heterocycles. The second-order valence-corrected chi connectivity index (χ2v) is 11.0. The van der Waals surface area contributed by atoms with Crippen LogP contribution in [0.15, 0.2) is 36.8 Å². The summed E-state index contributed by atoms with van der Waals surface area (Å²) in [6, 6.07) is 4.43. The normalized spacial score (nSPS) is 16.2. The van der Waals surface area contributed by atoms with Crippen LogP contribution < -0.4 is 15.4 Å². The van der Waals surface area contributed by atoms with Gasteiger partial charge in [0.2, 0.25) is 21.9 Å². The van der Waals surface area contributed by atoms with E-state index >= 15 is 0 Å². The Kier molecular flexibility index (Phi) is 6.75. The average molecular weight is 543 g/mol. The molecule has 1 fully saturated rings. The number of hydrogen-bond acceptors (Lipinski definition) is 8. The molecule has 14 heteroatoms. The van der Waals surface area contributed by atoms with E-state index in [4.69, 9.17) is 4.74 Å². The van der Waals surface area contributed by atoms with Crippen molar-refractivity contribution in [1.82, 2.24) is 29.0 Å². The van der Waals surface area contributed by atoms with Gasteiger partial charge in [0, 0.05) is 30.7 Å². The Morgan fingerprint density at radius 3 is 2.89 bits per heavy atom. The van der Waals surface area contributed by atoms with Crippen LogP contribution in [0.4, 0.5) is 21.7 Å². The largest absolute Gasteiger partial charge is 0.478 e. The number of nitrogens with zero attached hydrogens (tertiary/aromatic N) is 5. The van der Waals surface area contributed by atoms with E-state index in [-0.39, 0.29) is 17.4 Å². The van der Waals surface area contributed by atoms with Crippen molar-refractivity contribution >= 4 is 44.2 Å². The van der Waals surface area contributed by atoms with Gasteiger partial charge in [-0.2, -0.15) is 4.31 Å². The molecule has 38 heavy (non-hydrogen) atoms. The number of halogens is 1. The molecule has 12 nitrogen and oxygen atoms in total. The van der Waals surface area contributed by atoms with E-state index in [9.17, 15) is 17.6 Å². The zero-order chi connectivity index (χ0) is 27.0. The third-order valence-corrected chi connectivity index (χ3v) is 8.32. The van der Waals surface area contributed by atoms with Crippen molar-refractivity contribution in [1.29, 1.82) is 0 Å². The second-order valence-electron chi connectivity index (χ2n) is 8.83. The molecule has 1 aromatic carbocycles. The van der Waals surface area contributed by atoms with Gasteiger partial charge in [0.1, 0.15) is 17.4 Å². The Morgan fingerprint density at radius 2 is 2.13 bits per heavy atom. The summed E-state index contributed by atoms with van der Waals surface area (Å²) >= 11 is 0. The topological polar surface area (TPSA) is 147 Å². The lowest BCUT2D eigenvalue weighted by Gasteiger charge is -2.22. The Morgan fingerprint density at radius 1 is 1.32 bits per heavy atom. The SMILES string of the molecule is CCS(=O)(=O)N1CCC[C@H]1C(=O)Nc1cccc2c(-c3nc(Nc4cn(C)nc4OC)ncc3F)c[nH]c12. The maximum absolute atomic E-state index is 14.9. The molecule has 0 aliphatic carbocycles. The van der Waals surface area contributed by atoms with Gasteiger partial charge in [0.15, 0.2) is 5.82 Å². The highest BCUT2D eigenvalue weighted by Crippen LogP contribution is 2.34. The van der Waals surface area contributed by atoms with Crippen LogP contribution >= 0.6 is 0 Å². The molecule has 1 atom stereocenters. The zero-order valence-electron chi connectivity index (χ0n) is 21.0. The molecule has 0 radical (unpaired) electrons. The minimum Gasteiger partial charge on any atom is -0.478 e. The first-order chi connectivity index (χ1) is 18.2. The van der Waals surface area contributed by atoms with Gasteiger partial charge in [-0.25, -0.2) is 22.8 Å². The molecule has 4 heterocycles. The molecule has 0 bridgehead atoms. The summed E-state index contributed by atoms with van der Waals surface area (Å²) in [5.74, 6) is -0.628. The number of amides is 1. The quantitative estimate of drug-likeness (QED) is 0.308. The van der Waals surface area contributed by atoms with Gasteiger partial charge in [-0.15, -0.1) is 5.10 Å². The van der Waals surface area contributed by atoms with E-state index in [0.29, 0.717) is 53.1 Å². The number of nitrogens with one attached hydrogen (secondary N) is 3. The summed E-state index contributed by atoms with van der Waals surface area (Å²) in [5.41, 5.74) is 2.04. The number of rotatable bonds is 8. The van der Waals surface area contributed by atoms with Crippen molar-refractivity contribution in [2.45, 2.75) is 25.8 Å². The lowest BCUT2D eigenvalue weighted by atomic mass is 10.1. The van der Waals surface area contributed by atoms with Gasteiger partial charge in [0.05, 0.1) is 36.5 Å². The third-order valence-electron chi connectivity index (χ3n) is 6.44.